The first-order valence-corrected chi connectivity index (χ1v) is 3.19. The molecule has 0 fully saturated rings. The highest BCUT2D eigenvalue weighted by Gasteiger charge is 2.30. The van der Waals surface area contributed by atoms with Gasteiger partial charge in [0.15, 0.2) is 12.7 Å². The molecule has 0 aromatic carbocycles. The van der Waals surface area contributed by atoms with Crippen molar-refractivity contribution in [2.75, 3.05) is 6.61 Å². The second-order valence-corrected chi connectivity index (χ2v) is 2.10. The molecule has 0 spiro atoms. The second kappa shape index (κ2) is 4.68. The van der Waals surface area contributed by atoms with Crippen LogP contribution in [0.5, 0.6) is 0 Å². The van der Waals surface area contributed by atoms with Crippen LogP contribution in [0.3, 0.4) is 0 Å². The van der Waals surface area contributed by atoms with Crippen LogP contribution in [0, 0.1) is 0 Å². The minimum Gasteiger partial charge on any atom is -0.453 e. The smallest absolute Gasteiger partial charge is 0.422 e. The van der Waals surface area contributed by atoms with E-state index in [0.29, 0.717) is 0 Å². The van der Waals surface area contributed by atoms with Crippen molar-refractivity contribution >= 4 is 12.4 Å². The summed E-state index contributed by atoms with van der Waals surface area (Å²) in [6.07, 6.45) is -5.89. The van der Waals surface area contributed by atoms with E-state index in [1.54, 1.807) is 0 Å². The molecule has 76 valence electrons. The summed E-state index contributed by atoms with van der Waals surface area (Å²) in [6.45, 7) is -0.620. The van der Waals surface area contributed by atoms with Gasteiger partial charge in [-0.05, 0) is 6.92 Å². The summed E-state index contributed by atoms with van der Waals surface area (Å²) in [6, 6.07) is 0. The van der Waals surface area contributed by atoms with Gasteiger partial charge in [0.05, 0.1) is 0 Å². The molecule has 7 heteroatoms. The number of alkyl halides is 3. The highest BCUT2D eigenvalue weighted by atomic mass is 19.4. The van der Waals surface area contributed by atoms with Crippen molar-refractivity contribution < 1.29 is 32.2 Å². The Labute approximate surface area is 71.6 Å². The van der Waals surface area contributed by atoms with Crippen molar-refractivity contribution in [3.05, 3.63) is 0 Å². The Morgan fingerprint density at radius 3 is 2.46 bits per heavy atom. The van der Waals surface area contributed by atoms with E-state index in [9.17, 15) is 22.8 Å². The summed E-state index contributed by atoms with van der Waals surface area (Å²) in [4.78, 5) is 20.2. The first-order chi connectivity index (χ1) is 5.87. The predicted octanol–water partition coefficient (Wildman–Crippen LogP) is 0.653. The fourth-order valence-corrected chi connectivity index (χ4v) is 0.409. The fourth-order valence-electron chi connectivity index (χ4n) is 0.409. The highest BCUT2D eigenvalue weighted by molar-refractivity contribution is 5.75. The molecule has 13 heavy (non-hydrogen) atoms. The van der Waals surface area contributed by atoms with Crippen LogP contribution in [-0.2, 0) is 19.1 Å². The van der Waals surface area contributed by atoms with E-state index in [0.717, 1.165) is 6.92 Å². The van der Waals surface area contributed by atoms with E-state index in [-0.39, 0.29) is 6.47 Å². The summed E-state index contributed by atoms with van der Waals surface area (Å²) < 4.78 is 42.3. The molecule has 0 aliphatic carbocycles. The molecule has 0 aliphatic rings. The van der Waals surface area contributed by atoms with Gasteiger partial charge in [0, 0.05) is 0 Å². The maximum atomic E-state index is 11.5. The Hall–Kier alpha value is -1.27. The summed E-state index contributed by atoms with van der Waals surface area (Å²) in [7, 11) is 0. The number of rotatable bonds is 4. The molecule has 0 aromatic rings. The molecule has 0 aliphatic heterocycles. The Morgan fingerprint density at radius 1 is 1.54 bits per heavy atom. The van der Waals surface area contributed by atoms with Crippen LogP contribution in [0.2, 0.25) is 0 Å². The summed E-state index contributed by atoms with van der Waals surface area (Å²) in [5.74, 6) is -1.23. The molecule has 0 bridgehead atoms. The molecule has 1 unspecified atom stereocenters. The van der Waals surface area contributed by atoms with Gasteiger partial charge < -0.3 is 9.47 Å². The number of hydrogen-bond donors (Lipinski definition) is 0. The van der Waals surface area contributed by atoms with Gasteiger partial charge >= 0.3 is 12.1 Å². The standard InChI is InChI=1S/C6H7F3O4/c1-4(13-3-10)5(11)12-2-6(7,8)9/h3-4H,2H2,1H3. The Morgan fingerprint density at radius 2 is 2.08 bits per heavy atom. The molecule has 0 saturated heterocycles. The third-order valence-electron chi connectivity index (χ3n) is 0.970. The van der Waals surface area contributed by atoms with Crippen molar-refractivity contribution in [3.8, 4) is 0 Å². The van der Waals surface area contributed by atoms with Crippen LogP contribution >= 0.6 is 0 Å². The summed E-state index contributed by atoms with van der Waals surface area (Å²) >= 11 is 0. The largest absolute Gasteiger partial charge is 0.453 e. The van der Waals surface area contributed by atoms with Gasteiger partial charge in [-0.15, -0.1) is 0 Å². The first kappa shape index (κ1) is 11.7. The molecule has 0 amide bonds. The zero-order chi connectivity index (χ0) is 10.5. The number of ether oxygens (including phenoxy) is 2. The quantitative estimate of drug-likeness (QED) is 0.494. The number of halogens is 3. The van der Waals surface area contributed by atoms with Crippen LogP contribution in [0.1, 0.15) is 6.92 Å². The SMILES string of the molecule is CC(OC=O)C(=O)OCC(F)(F)F. The predicted molar refractivity (Wildman–Crippen MR) is 33.6 cm³/mol. The van der Waals surface area contributed by atoms with Gasteiger partial charge in [0.25, 0.3) is 6.47 Å². The zero-order valence-corrected chi connectivity index (χ0v) is 6.63. The second-order valence-electron chi connectivity index (χ2n) is 2.10. The van der Waals surface area contributed by atoms with Gasteiger partial charge in [-0.25, -0.2) is 4.79 Å². The Balaban J connectivity index is 3.81. The number of hydrogen-bond acceptors (Lipinski definition) is 4. The van der Waals surface area contributed by atoms with E-state index in [2.05, 4.69) is 9.47 Å². The number of esters is 1. The van der Waals surface area contributed by atoms with Gasteiger partial charge in [-0.2, -0.15) is 13.2 Å². The molecule has 4 nitrogen and oxygen atoms in total. The van der Waals surface area contributed by atoms with Crippen molar-refractivity contribution in [3.63, 3.8) is 0 Å². The molecule has 0 radical (unpaired) electrons. The summed E-state index contributed by atoms with van der Waals surface area (Å²) in [5, 5.41) is 0. The van der Waals surface area contributed by atoms with Crippen molar-refractivity contribution in [1.29, 1.82) is 0 Å². The minimum absolute atomic E-state index is 0.0421. The molecular formula is C6H7F3O4. The zero-order valence-electron chi connectivity index (χ0n) is 6.63. The Bertz CT molecular complexity index is 189. The van der Waals surface area contributed by atoms with Gasteiger partial charge in [-0.3, -0.25) is 4.79 Å². The average molecular weight is 200 g/mol. The van der Waals surface area contributed by atoms with E-state index in [1.165, 1.54) is 0 Å². The minimum atomic E-state index is -4.57. The van der Waals surface area contributed by atoms with E-state index >= 15 is 0 Å². The van der Waals surface area contributed by atoms with Crippen LogP contribution < -0.4 is 0 Å². The summed E-state index contributed by atoms with van der Waals surface area (Å²) in [5.41, 5.74) is 0. The first-order valence-electron chi connectivity index (χ1n) is 3.19. The third-order valence-corrected chi connectivity index (χ3v) is 0.970. The molecule has 0 heterocycles. The fraction of sp³-hybridized carbons (Fsp3) is 0.667. The Kier molecular flexibility index (Phi) is 4.22. The highest BCUT2D eigenvalue weighted by Crippen LogP contribution is 2.14. The lowest BCUT2D eigenvalue weighted by Gasteiger charge is -2.10. The van der Waals surface area contributed by atoms with Gasteiger partial charge in [0.1, 0.15) is 0 Å². The van der Waals surface area contributed by atoms with Crippen molar-refractivity contribution in [1.82, 2.24) is 0 Å². The third kappa shape index (κ3) is 5.94. The molecule has 0 saturated carbocycles. The van der Waals surface area contributed by atoms with Crippen LogP contribution in [0.15, 0.2) is 0 Å². The van der Waals surface area contributed by atoms with Crippen LogP contribution in [0.4, 0.5) is 13.2 Å². The van der Waals surface area contributed by atoms with E-state index < -0.39 is 24.9 Å². The molecule has 0 rings (SSSR count). The monoisotopic (exact) mass is 200 g/mol. The molecule has 0 aromatic heterocycles. The van der Waals surface area contributed by atoms with Crippen molar-refractivity contribution in [2.45, 2.75) is 19.2 Å². The van der Waals surface area contributed by atoms with Crippen LogP contribution in [0.25, 0.3) is 0 Å². The number of carbonyl (C=O) groups excluding carboxylic acids is 2. The topological polar surface area (TPSA) is 52.6 Å². The van der Waals surface area contributed by atoms with Crippen LogP contribution in [-0.4, -0.2) is 31.3 Å². The molecule has 1 atom stereocenters. The lowest BCUT2D eigenvalue weighted by Crippen LogP contribution is -2.28. The lowest BCUT2D eigenvalue weighted by atomic mass is 10.4. The van der Waals surface area contributed by atoms with E-state index in [1.807, 2.05) is 0 Å². The number of carbonyl (C=O) groups is 2. The average Bonchev–Trinajstić information content (AvgIpc) is 1.99. The molecule has 0 N–H and O–H groups in total. The van der Waals surface area contributed by atoms with Gasteiger partial charge in [-0.1, -0.05) is 0 Å². The maximum absolute atomic E-state index is 11.5. The normalized spacial score (nSPS) is 13.2. The molecular weight excluding hydrogens is 193 g/mol. The van der Waals surface area contributed by atoms with E-state index in [4.69, 9.17) is 0 Å². The van der Waals surface area contributed by atoms with Gasteiger partial charge in [0.2, 0.25) is 0 Å². The lowest BCUT2D eigenvalue weighted by molar-refractivity contribution is -0.192. The maximum Gasteiger partial charge on any atom is 0.422 e. The van der Waals surface area contributed by atoms with Crippen molar-refractivity contribution in [2.24, 2.45) is 0 Å².